The summed E-state index contributed by atoms with van der Waals surface area (Å²) in [5.41, 5.74) is 3.44. The summed E-state index contributed by atoms with van der Waals surface area (Å²) in [5.74, 6) is -0.145. The largest absolute Gasteiger partial charge is 0.412 e. The molecule has 1 fully saturated rings. The zero-order valence-electron chi connectivity index (χ0n) is 19.2. The van der Waals surface area contributed by atoms with E-state index in [0.717, 1.165) is 37.5 Å². The van der Waals surface area contributed by atoms with Gasteiger partial charge in [-0.2, -0.15) is 0 Å². The van der Waals surface area contributed by atoms with Crippen molar-refractivity contribution in [1.82, 2.24) is 9.38 Å². The predicted molar refractivity (Wildman–Crippen MR) is 128 cm³/mol. The van der Waals surface area contributed by atoms with Crippen LogP contribution >= 0.6 is 0 Å². The number of nitrogens with zero attached hydrogens (tertiary/aromatic N) is 4. The van der Waals surface area contributed by atoms with E-state index in [1.54, 1.807) is 0 Å². The molecule has 0 N–H and O–H groups in total. The quantitative estimate of drug-likeness (QED) is 0.503. The van der Waals surface area contributed by atoms with Gasteiger partial charge in [-0.3, -0.25) is 0 Å². The number of imidazole rings is 1. The van der Waals surface area contributed by atoms with Crippen LogP contribution in [-0.4, -0.2) is 43.9 Å². The zero-order valence-corrected chi connectivity index (χ0v) is 20.2. The molecule has 0 bridgehead atoms. The number of benzene rings is 1. The van der Waals surface area contributed by atoms with Gasteiger partial charge in [0.1, 0.15) is 5.65 Å². The SMILES string of the molecule is CC(C)(C)[Si](C)(C)OCc1cccc(N2CCN(c3ccn4ccnc4c3)CC2)c1F. The van der Waals surface area contributed by atoms with Crippen molar-refractivity contribution in [3.63, 3.8) is 0 Å². The van der Waals surface area contributed by atoms with Gasteiger partial charge in [0.2, 0.25) is 0 Å². The number of anilines is 2. The Morgan fingerprint density at radius 3 is 2.45 bits per heavy atom. The molecule has 1 aromatic carbocycles. The minimum absolute atomic E-state index is 0.108. The summed E-state index contributed by atoms with van der Waals surface area (Å²) in [5, 5.41) is 0.108. The number of halogens is 1. The molecule has 4 rings (SSSR count). The van der Waals surface area contributed by atoms with Crippen LogP contribution in [0.25, 0.3) is 5.65 Å². The maximum absolute atomic E-state index is 15.4. The van der Waals surface area contributed by atoms with E-state index in [0.29, 0.717) is 17.9 Å². The molecule has 0 aliphatic carbocycles. The smallest absolute Gasteiger partial charge is 0.192 e. The Kier molecular flexibility index (Phi) is 5.83. The summed E-state index contributed by atoms with van der Waals surface area (Å²) >= 11 is 0. The lowest BCUT2D eigenvalue weighted by molar-refractivity contribution is 0.271. The fourth-order valence-electron chi connectivity index (χ4n) is 3.70. The average Bonchev–Trinajstić information content (AvgIpc) is 3.20. The van der Waals surface area contributed by atoms with E-state index in [2.05, 4.69) is 60.8 Å². The molecule has 0 spiro atoms. The van der Waals surface area contributed by atoms with E-state index in [1.165, 1.54) is 0 Å². The van der Waals surface area contributed by atoms with Crippen molar-refractivity contribution in [3.8, 4) is 0 Å². The maximum atomic E-state index is 15.4. The van der Waals surface area contributed by atoms with E-state index in [1.807, 2.05) is 41.2 Å². The van der Waals surface area contributed by atoms with Crippen LogP contribution in [0.3, 0.4) is 0 Å². The molecule has 0 atom stereocenters. The Labute approximate surface area is 185 Å². The molecule has 0 saturated carbocycles. The van der Waals surface area contributed by atoms with Crippen LogP contribution in [-0.2, 0) is 11.0 Å². The average molecular weight is 441 g/mol. The minimum Gasteiger partial charge on any atom is -0.412 e. The van der Waals surface area contributed by atoms with E-state index in [9.17, 15) is 0 Å². The van der Waals surface area contributed by atoms with Gasteiger partial charge in [0.05, 0.1) is 12.3 Å². The van der Waals surface area contributed by atoms with Gasteiger partial charge in [0, 0.05) is 62.1 Å². The first kappa shape index (κ1) is 21.8. The standard InChI is InChI=1S/C24H33FN4OSi/c1-24(2,3)31(4,5)30-18-19-7-6-8-21(23(19)25)28-15-13-27(14-16-28)20-9-11-29-12-10-26-22(29)17-20/h6-12,17H,13-16,18H2,1-5H3. The third-order valence-corrected chi connectivity index (χ3v) is 11.3. The third-order valence-electron chi connectivity index (χ3n) is 6.82. The number of hydrogen-bond acceptors (Lipinski definition) is 4. The van der Waals surface area contributed by atoms with E-state index >= 15 is 4.39 Å². The first-order valence-electron chi connectivity index (χ1n) is 11.0. The van der Waals surface area contributed by atoms with Crippen LogP contribution in [0.4, 0.5) is 15.8 Å². The molecule has 0 unspecified atom stereocenters. The van der Waals surface area contributed by atoms with E-state index in [-0.39, 0.29) is 10.9 Å². The molecular formula is C24H33FN4OSi. The Hall–Kier alpha value is -2.38. The van der Waals surface area contributed by atoms with Crippen molar-refractivity contribution >= 4 is 25.3 Å². The number of aromatic nitrogens is 2. The molecule has 7 heteroatoms. The summed E-state index contributed by atoms with van der Waals surface area (Å²) in [6, 6.07) is 9.90. The summed E-state index contributed by atoms with van der Waals surface area (Å²) in [7, 11) is -1.92. The molecule has 1 aliphatic heterocycles. The van der Waals surface area contributed by atoms with Crippen LogP contribution in [0.5, 0.6) is 0 Å². The second-order valence-electron chi connectivity index (χ2n) is 9.85. The Balaban J connectivity index is 1.43. The van der Waals surface area contributed by atoms with E-state index < -0.39 is 8.32 Å². The van der Waals surface area contributed by atoms with Gasteiger partial charge in [0.15, 0.2) is 14.1 Å². The highest BCUT2D eigenvalue weighted by Crippen LogP contribution is 2.37. The normalized spacial score (nSPS) is 15.7. The van der Waals surface area contributed by atoms with Crippen LogP contribution in [0.2, 0.25) is 18.1 Å². The minimum atomic E-state index is -1.92. The molecule has 1 saturated heterocycles. The molecular weight excluding hydrogens is 407 g/mol. The van der Waals surface area contributed by atoms with Gasteiger partial charge in [-0.05, 0) is 30.3 Å². The van der Waals surface area contributed by atoms with Crippen molar-refractivity contribution in [1.29, 1.82) is 0 Å². The van der Waals surface area contributed by atoms with Crippen LogP contribution in [0.15, 0.2) is 48.9 Å². The van der Waals surface area contributed by atoms with Crippen LogP contribution in [0, 0.1) is 5.82 Å². The van der Waals surface area contributed by atoms with Gasteiger partial charge in [-0.1, -0.05) is 32.9 Å². The Morgan fingerprint density at radius 1 is 1.03 bits per heavy atom. The third kappa shape index (κ3) is 4.48. The second-order valence-corrected chi connectivity index (χ2v) is 14.7. The number of hydrogen-bond donors (Lipinski definition) is 0. The summed E-state index contributed by atoms with van der Waals surface area (Å²) < 4.78 is 23.6. The molecule has 3 heterocycles. The number of pyridine rings is 1. The van der Waals surface area contributed by atoms with Crippen molar-refractivity contribution in [2.45, 2.75) is 45.5 Å². The Morgan fingerprint density at radius 2 is 1.74 bits per heavy atom. The Bertz CT molecular complexity index is 1050. The van der Waals surface area contributed by atoms with Gasteiger partial charge in [-0.15, -0.1) is 0 Å². The zero-order chi connectivity index (χ0) is 22.2. The highest BCUT2D eigenvalue weighted by Gasteiger charge is 2.37. The summed E-state index contributed by atoms with van der Waals surface area (Å²) in [6.45, 7) is 14.6. The molecule has 2 aromatic heterocycles. The van der Waals surface area contributed by atoms with E-state index in [4.69, 9.17) is 4.43 Å². The first-order chi connectivity index (χ1) is 14.7. The molecule has 0 radical (unpaired) electrons. The first-order valence-corrected chi connectivity index (χ1v) is 13.9. The van der Waals surface area contributed by atoms with Gasteiger partial charge >= 0.3 is 0 Å². The topological polar surface area (TPSA) is 33.0 Å². The molecule has 3 aromatic rings. The highest BCUT2D eigenvalue weighted by molar-refractivity contribution is 6.74. The highest BCUT2D eigenvalue weighted by atomic mass is 28.4. The van der Waals surface area contributed by atoms with Gasteiger partial charge in [-0.25, -0.2) is 9.37 Å². The number of piperazine rings is 1. The fraction of sp³-hybridized carbons (Fsp3) is 0.458. The van der Waals surface area contributed by atoms with Gasteiger partial charge in [0.25, 0.3) is 0 Å². The van der Waals surface area contributed by atoms with Crippen LogP contribution in [0.1, 0.15) is 26.3 Å². The van der Waals surface area contributed by atoms with Crippen molar-refractivity contribution in [2.24, 2.45) is 0 Å². The summed E-state index contributed by atoms with van der Waals surface area (Å²) in [6.07, 6.45) is 5.79. The van der Waals surface area contributed by atoms with Crippen molar-refractivity contribution in [3.05, 3.63) is 60.3 Å². The molecule has 31 heavy (non-hydrogen) atoms. The van der Waals surface area contributed by atoms with Crippen molar-refractivity contribution in [2.75, 3.05) is 36.0 Å². The monoisotopic (exact) mass is 440 g/mol. The fourth-order valence-corrected chi connectivity index (χ4v) is 4.65. The van der Waals surface area contributed by atoms with Gasteiger partial charge < -0.3 is 18.6 Å². The number of fused-ring (bicyclic) bond motifs is 1. The predicted octanol–water partition coefficient (Wildman–Crippen LogP) is 5.32. The lowest BCUT2D eigenvalue weighted by Crippen LogP contribution is -2.47. The lowest BCUT2D eigenvalue weighted by atomic mass is 10.1. The maximum Gasteiger partial charge on any atom is 0.192 e. The molecule has 0 amide bonds. The second kappa shape index (κ2) is 8.28. The van der Waals surface area contributed by atoms with Crippen molar-refractivity contribution < 1.29 is 8.82 Å². The number of rotatable bonds is 5. The van der Waals surface area contributed by atoms with Crippen LogP contribution < -0.4 is 9.80 Å². The molecule has 166 valence electrons. The lowest BCUT2D eigenvalue weighted by Gasteiger charge is -2.38. The molecule has 1 aliphatic rings. The molecule has 5 nitrogen and oxygen atoms in total. The summed E-state index contributed by atoms with van der Waals surface area (Å²) in [4.78, 5) is 8.86.